The lowest BCUT2D eigenvalue weighted by molar-refractivity contribution is 0.0574. The number of piperidine rings is 1. The molecule has 6 heteroatoms. The molecule has 0 saturated carbocycles. The van der Waals surface area contributed by atoms with Gasteiger partial charge in [-0.3, -0.25) is 9.88 Å². The van der Waals surface area contributed by atoms with E-state index in [1.54, 1.807) is 0 Å². The van der Waals surface area contributed by atoms with Crippen molar-refractivity contribution < 1.29 is 14.2 Å². The van der Waals surface area contributed by atoms with E-state index in [9.17, 15) is 0 Å². The Morgan fingerprint density at radius 2 is 1.89 bits per heavy atom. The molecule has 2 aromatic rings. The largest absolute Gasteiger partial charge is 0.490 e. The average molecular weight is 369 g/mol. The molecule has 4 heterocycles. The lowest BCUT2D eigenvalue weighted by atomic mass is 10.00. The first-order valence-electron chi connectivity index (χ1n) is 9.68. The van der Waals surface area contributed by atoms with E-state index in [1.807, 2.05) is 38.1 Å². The normalized spacial score (nSPS) is 22.5. The topological polar surface area (TPSA) is 56.7 Å². The van der Waals surface area contributed by atoms with E-state index >= 15 is 0 Å². The molecule has 0 N–H and O–H groups in total. The van der Waals surface area contributed by atoms with Crippen LogP contribution in [-0.4, -0.2) is 46.8 Å². The van der Waals surface area contributed by atoms with Gasteiger partial charge in [0.05, 0.1) is 5.69 Å². The molecule has 144 valence electrons. The summed E-state index contributed by atoms with van der Waals surface area (Å²) in [6.45, 7) is 9.24. The standard InChI is InChI=1S/C21H27N3O3/c1-14-10-19(11-15(2)22-14)27-18-6-7-24(16(3)12-18)13-17-4-5-20-21(23-17)26-9-8-25-20/h4-5,10-11,16,18H,6-9,12-13H2,1-3H3/t16-,18+/m0/s1. The highest BCUT2D eigenvalue weighted by Crippen LogP contribution is 2.29. The van der Waals surface area contributed by atoms with Gasteiger partial charge in [0, 0.05) is 42.7 Å². The number of rotatable bonds is 4. The molecular weight excluding hydrogens is 342 g/mol. The highest BCUT2D eigenvalue weighted by atomic mass is 16.6. The summed E-state index contributed by atoms with van der Waals surface area (Å²) in [5.41, 5.74) is 3.02. The SMILES string of the molecule is Cc1cc(O[C@@H]2CCN(Cc3ccc4c(n3)OCCO4)[C@@H](C)C2)cc(C)n1. The molecule has 2 aliphatic rings. The molecule has 0 aliphatic carbocycles. The first-order chi connectivity index (χ1) is 13.1. The fourth-order valence-corrected chi connectivity index (χ4v) is 3.84. The van der Waals surface area contributed by atoms with Gasteiger partial charge in [0.15, 0.2) is 5.75 Å². The number of fused-ring (bicyclic) bond motifs is 1. The van der Waals surface area contributed by atoms with Gasteiger partial charge in [-0.1, -0.05) is 0 Å². The monoisotopic (exact) mass is 369 g/mol. The van der Waals surface area contributed by atoms with Crippen LogP contribution in [0.2, 0.25) is 0 Å². The van der Waals surface area contributed by atoms with Crippen LogP contribution in [0, 0.1) is 13.8 Å². The molecule has 0 spiro atoms. The second-order valence-corrected chi connectivity index (χ2v) is 7.47. The maximum absolute atomic E-state index is 6.24. The Morgan fingerprint density at radius 3 is 2.67 bits per heavy atom. The minimum atomic E-state index is 0.241. The van der Waals surface area contributed by atoms with Crippen LogP contribution in [0.3, 0.4) is 0 Å². The Hall–Kier alpha value is -2.34. The number of nitrogens with zero attached hydrogens (tertiary/aromatic N) is 3. The van der Waals surface area contributed by atoms with Crippen molar-refractivity contribution in [3.63, 3.8) is 0 Å². The van der Waals surface area contributed by atoms with Crippen molar-refractivity contribution in [3.8, 4) is 17.4 Å². The number of aryl methyl sites for hydroxylation is 2. The van der Waals surface area contributed by atoms with Crippen molar-refractivity contribution in [2.24, 2.45) is 0 Å². The van der Waals surface area contributed by atoms with Gasteiger partial charge in [-0.05, 0) is 45.7 Å². The first kappa shape index (κ1) is 18.0. The van der Waals surface area contributed by atoms with Crippen molar-refractivity contribution in [2.75, 3.05) is 19.8 Å². The Balaban J connectivity index is 1.36. The summed E-state index contributed by atoms with van der Waals surface area (Å²) in [7, 11) is 0. The second kappa shape index (κ2) is 7.72. The molecule has 2 atom stereocenters. The fourth-order valence-electron chi connectivity index (χ4n) is 3.84. The highest BCUT2D eigenvalue weighted by Gasteiger charge is 2.27. The van der Waals surface area contributed by atoms with Gasteiger partial charge < -0.3 is 14.2 Å². The van der Waals surface area contributed by atoms with Crippen molar-refractivity contribution >= 4 is 0 Å². The van der Waals surface area contributed by atoms with Crippen LogP contribution in [-0.2, 0) is 6.54 Å². The molecule has 2 aromatic heterocycles. The molecule has 2 aliphatic heterocycles. The molecule has 4 rings (SSSR count). The Kier molecular flexibility index (Phi) is 5.16. The molecule has 1 fully saturated rings. The maximum atomic E-state index is 6.24. The molecule has 0 bridgehead atoms. The minimum absolute atomic E-state index is 0.241. The summed E-state index contributed by atoms with van der Waals surface area (Å²) in [5, 5.41) is 0. The minimum Gasteiger partial charge on any atom is -0.490 e. The van der Waals surface area contributed by atoms with Crippen LogP contribution >= 0.6 is 0 Å². The van der Waals surface area contributed by atoms with Gasteiger partial charge in [-0.25, -0.2) is 4.98 Å². The lowest BCUT2D eigenvalue weighted by Gasteiger charge is -2.37. The fraction of sp³-hybridized carbons (Fsp3) is 0.524. The zero-order valence-corrected chi connectivity index (χ0v) is 16.3. The van der Waals surface area contributed by atoms with Crippen LogP contribution in [0.15, 0.2) is 24.3 Å². The third-order valence-electron chi connectivity index (χ3n) is 5.15. The molecule has 27 heavy (non-hydrogen) atoms. The van der Waals surface area contributed by atoms with Crippen molar-refractivity contribution in [1.82, 2.24) is 14.9 Å². The van der Waals surface area contributed by atoms with Crippen molar-refractivity contribution in [1.29, 1.82) is 0 Å². The predicted molar refractivity (Wildman–Crippen MR) is 102 cm³/mol. The van der Waals surface area contributed by atoms with Crippen molar-refractivity contribution in [2.45, 2.75) is 52.3 Å². The molecule has 6 nitrogen and oxygen atoms in total. The van der Waals surface area contributed by atoms with Crippen molar-refractivity contribution in [3.05, 3.63) is 41.3 Å². The van der Waals surface area contributed by atoms with E-state index in [-0.39, 0.29) is 6.10 Å². The Labute approximate surface area is 160 Å². The van der Waals surface area contributed by atoms with E-state index < -0.39 is 0 Å². The third kappa shape index (κ3) is 4.33. The van der Waals surface area contributed by atoms with Gasteiger partial charge >= 0.3 is 0 Å². The van der Waals surface area contributed by atoms with E-state index in [1.165, 1.54) is 0 Å². The molecule has 0 aromatic carbocycles. The van der Waals surface area contributed by atoms with Crippen LogP contribution in [0.4, 0.5) is 0 Å². The van der Waals surface area contributed by atoms with Gasteiger partial charge in [0.25, 0.3) is 5.88 Å². The summed E-state index contributed by atoms with van der Waals surface area (Å²) < 4.78 is 17.4. The zero-order chi connectivity index (χ0) is 18.8. The average Bonchev–Trinajstić information content (AvgIpc) is 2.63. The summed E-state index contributed by atoms with van der Waals surface area (Å²) in [4.78, 5) is 11.5. The number of hydrogen-bond acceptors (Lipinski definition) is 6. The van der Waals surface area contributed by atoms with E-state index in [0.29, 0.717) is 25.1 Å². The van der Waals surface area contributed by atoms with Gasteiger partial charge in [0.1, 0.15) is 25.1 Å². The van der Waals surface area contributed by atoms with E-state index in [4.69, 9.17) is 14.2 Å². The van der Waals surface area contributed by atoms with Crippen LogP contribution in [0.25, 0.3) is 0 Å². The van der Waals surface area contributed by atoms with Gasteiger partial charge in [-0.2, -0.15) is 0 Å². The summed E-state index contributed by atoms with van der Waals surface area (Å²) in [6.07, 6.45) is 2.26. The number of aromatic nitrogens is 2. The maximum Gasteiger partial charge on any atom is 0.257 e. The first-order valence-corrected chi connectivity index (χ1v) is 9.68. The lowest BCUT2D eigenvalue weighted by Crippen LogP contribution is -2.44. The summed E-state index contributed by atoms with van der Waals surface area (Å²) in [5.74, 6) is 2.29. The molecule has 0 unspecified atom stereocenters. The molecule has 0 amide bonds. The van der Waals surface area contributed by atoms with E-state index in [0.717, 1.165) is 54.5 Å². The Bertz CT molecular complexity index is 791. The van der Waals surface area contributed by atoms with Gasteiger partial charge in [0.2, 0.25) is 0 Å². The number of pyridine rings is 2. The predicted octanol–water partition coefficient (Wildman–Crippen LogP) is 3.30. The number of likely N-dealkylation sites (tertiary alicyclic amines) is 1. The molecular formula is C21H27N3O3. The van der Waals surface area contributed by atoms with Crippen LogP contribution in [0.1, 0.15) is 36.8 Å². The van der Waals surface area contributed by atoms with Crippen LogP contribution in [0.5, 0.6) is 17.4 Å². The summed E-state index contributed by atoms with van der Waals surface area (Å²) in [6, 6.07) is 8.46. The van der Waals surface area contributed by atoms with Crippen LogP contribution < -0.4 is 14.2 Å². The quantitative estimate of drug-likeness (QED) is 0.824. The molecule has 1 saturated heterocycles. The number of ether oxygens (including phenoxy) is 3. The smallest absolute Gasteiger partial charge is 0.257 e. The Morgan fingerprint density at radius 1 is 1.11 bits per heavy atom. The van der Waals surface area contributed by atoms with Gasteiger partial charge in [-0.15, -0.1) is 0 Å². The molecule has 0 radical (unpaired) electrons. The zero-order valence-electron chi connectivity index (χ0n) is 16.3. The second-order valence-electron chi connectivity index (χ2n) is 7.47. The summed E-state index contributed by atoms with van der Waals surface area (Å²) >= 11 is 0. The third-order valence-corrected chi connectivity index (χ3v) is 5.15. The highest BCUT2D eigenvalue weighted by molar-refractivity contribution is 5.35. The number of hydrogen-bond donors (Lipinski definition) is 0. The van der Waals surface area contributed by atoms with E-state index in [2.05, 4.69) is 21.8 Å².